The van der Waals surface area contributed by atoms with E-state index in [1.165, 1.54) is 0 Å². The summed E-state index contributed by atoms with van der Waals surface area (Å²) < 4.78 is 17.3. The number of hydrogen-bond donors (Lipinski definition) is 4. The third-order valence-corrected chi connectivity index (χ3v) is 6.87. The highest BCUT2D eigenvalue weighted by atomic mass is 35.5. The molecule has 180 valence electrons. The van der Waals surface area contributed by atoms with E-state index in [1.54, 1.807) is 0 Å². The first-order chi connectivity index (χ1) is 17.1. The fraction of sp³-hybridized carbons (Fsp3) is 0.269. The molecule has 2 saturated heterocycles. The molecule has 0 saturated carbocycles. The molecule has 4 atom stereocenters. The fourth-order valence-corrected chi connectivity index (χ4v) is 4.99. The summed E-state index contributed by atoms with van der Waals surface area (Å²) in [6.45, 7) is 0.995. The number of nitrogens with zero attached hydrogens (tertiary/aromatic N) is 1. The number of aliphatic hydroxyl groups excluding tert-OH is 1. The molecule has 1 aromatic heterocycles. The highest BCUT2D eigenvalue weighted by molar-refractivity contribution is 6.34. The van der Waals surface area contributed by atoms with Crippen molar-refractivity contribution < 1.29 is 24.5 Å². The van der Waals surface area contributed by atoms with Crippen molar-refractivity contribution in [2.45, 2.75) is 31.0 Å². The van der Waals surface area contributed by atoms with E-state index in [2.05, 4.69) is 27.6 Å². The first-order valence-electron chi connectivity index (χ1n) is 11.4. The second-order valence-corrected chi connectivity index (χ2v) is 9.23. The molecule has 3 heterocycles. The van der Waals surface area contributed by atoms with Gasteiger partial charge >= 0.3 is 0 Å². The van der Waals surface area contributed by atoms with Gasteiger partial charge in [0.25, 0.3) is 6.01 Å². The minimum Gasteiger partial charge on any atom is -0.456 e. The number of hydroxylamine groups is 1. The monoisotopic (exact) mass is 493 g/mol. The SMILES string of the molecule is ONCc1ccc(-c2ccc(-c3cc4nc(O[C@@H]5CO[C@H]6[C@@H]5OC[C@H]6O)[nH]c4cc3Cl)cc2)cc1. The Hall–Kier alpha value is -2.98. The molecule has 2 aliphatic rings. The number of halogens is 1. The molecule has 2 aliphatic heterocycles. The molecular formula is C26H24ClN3O5. The van der Waals surface area contributed by atoms with Crippen LogP contribution in [0.1, 0.15) is 5.56 Å². The Balaban J connectivity index is 1.22. The summed E-state index contributed by atoms with van der Waals surface area (Å²) in [5.74, 6) is 0. The number of ether oxygens (including phenoxy) is 3. The molecular weight excluding hydrogens is 470 g/mol. The quantitative estimate of drug-likeness (QED) is 0.301. The van der Waals surface area contributed by atoms with Crippen LogP contribution in [-0.2, 0) is 16.0 Å². The van der Waals surface area contributed by atoms with Crippen molar-refractivity contribution in [2.75, 3.05) is 13.2 Å². The van der Waals surface area contributed by atoms with Crippen molar-refractivity contribution in [3.63, 3.8) is 0 Å². The molecule has 4 N–H and O–H groups in total. The van der Waals surface area contributed by atoms with E-state index in [9.17, 15) is 5.11 Å². The smallest absolute Gasteiger partial charge is 0.295 e. The predicted molar refractivity (Wildman–Crippen MR) is 131 cm³/mol. The largest absolute Gasteiger partial charge is 0.456 e. The molecule has 0 radical (unpaired) electrons. The van der Waals surface area contributed by atoms with Crippen LogP contribution in [0.5, 0.6) is 6.01 Å². The van der Waals surface area contributed by atoms with Crippen molar-refractivity contribution in [1.29, 1.82) is 0 Å². The lowest BCUT2D eigenvalue weighted by atomic mass is 9.99. The number of aliphatic hydroxyl groups is 1. The van der Waals surface area contributed by atoms with Gasteiger partial charge in [0, 0.05) is 12.1 Å². The molecule has 4 aromatic rings. The third kappa shape index (κ3) is 4.29. The zero-order valence-corrected chi connectivity index (χ0v) is 19.4. The highest BCUT2D eigenvalue weighted by Gasteiger charge is 2.48. The van der Waals surface area contributed by atoms with E-state index < -0.39 is 6.10 Å². The number of nitrogens with one attached hydrogen (secondary N) is 2. The van der Waals surface area contributed by atoms with Crippen LogP contribution in [0.15, 0.2) is 60.7 Å². The van der Waals surface area contributed by atoms with E-state index in [0.717, 1.165) is 38.9 Å². The normalized spacial score (nSPS) is 23.6. The van der Waals surface area contributed by atoms with Crippen LogP contribution in [-0.4, -0.2) is 57.9 Å². The Kier molecular flexibility index (Phi) is 5.93. The Morgan fingerprint density at radius 3 is 2.40 bits per heavy atom. The molecule has 35 heavy (non-hydrogen) atoms. The number of H-pyrrole nitrogens is 1. The average Bonchev–Trinajstić information content (AvgIpc) is 3.56. The second kappa shape index (κ2) is 9.23. The van der Waals surface area contributed by atoms with Crippen LogP contribution in [0.25, 0.3) is 33.3 Å². The van der Waals surface area contributed by atoms with Crippen LogP contribution in [0.2, 0.25) is 5.02 Å². The van der Waals surface area contributed by atoms with Crippen molar-refractivity contribution in [3.8, 4) is 28.3 Å². The molecule has 0 aliphatic carbocycles. The van der Waals surface area contributed by atoms with Gasteiger partial charge in [-0.05, 0) is 34.4 Å². The van der Waals surface area contributed by atoms with Gasteiger partial charge in [0.1, 0.15) is 18.3 Å². The van der Waals surface area contributed by atoms with Crippen molar-refractivity contribution >= 4 is 22.6 Å². The molecule has 0 bridgehead atoms. The van der Waals surface area contributed by atoms with Gasteiger partial charge in [-0.1, -0.05) is 60.1 Å². The van der Waals surface area contributed by atoms with E-state index in [-0.39, 0.29) is 24.9 Å². The lowest BCUT2D eigenvalue weighted by molar-refractivity contribution is 0.00706. The molecule has 8 nitrogen and oxygen atoms in total. The summed E-state index contributed by atoms with van der Waals surface area (Å²) in [5.41, 5.74) is 8.70. The molecule has 0 amide bonds. The summed E-state index contributed by atoms with van der Waals surface area (Å²) in [5, 5.41) is 19.4. The van der Waals surface area contributed by atoms with Crippen LogP contribution < -0.4 is 10.2 Å². The maximum Gasteiger partial charge on any atom is 0.295 e. The topological polar surface area (TPSA) is 109 Å². The Morgan fingerprint density at radius 1 is 0.971 bits per heavy atom. The van der Waals surface area contributed by atoms with E-state index in [0.29, 0.717) is 24.2 Å². The lowest BCUT2D eigenvalue weighted by Gasteiger charge is -2.15. The molecule has 0 unspecified atom stereocenters. The van der Waals surface area contributed by atoms with Gasteiger partial charge in [-0.15, -0.1) is 0 Å². The summed E-state index contributed by atoms with van der Waals surface area (Å²) >= 11 is 6.63. The molecule has 9 heteroatoms. The molecule has 6 rings (SSSR count). The van der Waals surface area contributed by atoms with Crippen molar-refractivity contribution in [1.82, 2.24) is 15.4 Å². The first kappa shape index (κ1) is 22.5. The van der Waals surface area contributed by atoms with Crippen molar-refractivity contribution in [2.24, 2.45) is 0 Å². The van der Waals surface area contributed by atoms with Crippen molar-refractivity contribution in [3.05, 3.63) is 71.2 Å². The highest BCUT2D eigenvalue weighted by Crippen LogP contribution is 2.35. The van der Waals surface area contributed by atoms with Crippen LogP contribution in [0.4, 0.5) is 0 Å². The second-order valence-electron chi connectivity index (χ2n) is 8.82. The lowest BCUT2D eigenvalue weighted by Crippen LogP contribution is -2.34. The van der Waals surface area contributed by atoms with Crippen LogP contribution >= 0.6 is 11.6 Å². The number of hydrogen-bond acceptors (Lipinski definition) is 7. The molecule has 2 fully saturated rings. The van der Waals surface area contributed by atoms with Gasteiger partial charge in [-0.25, -0.2) is 5.48 Å². The zero-order valence-electron chi connectivity index (χ0n) is 18.6. The van der Waals surface area contributed by atoms with Gasteiger partial charge in [-0.3, -0.25) is 0 Å². The number of aromatic amines is 1. The summed E-state index contributed by atoms with van der Waals surface area (Å²) in [6.07, 6.45) is -1.63. The minimum atomic E-state index is -0.625. The van der Waals surface area contributed by atoms with Gasteiger partial charge in [0.15, 0.2) is 6.10 Å². The summed E-state index contributed by atoms with van der Waals surface area (Å²) in [4.78, 5) is 7.76. The van der Waals surface area contributed by atoms with E-state index >= 15 is 0 Å². The molecule has 0 spiro atoms. The number of imidazole rings is 1. The third-order valence-electron chi connectivity index (χ3n) is 6.56. The number of rotatable bonds is 6. The fourth-order valence-electron chi connectivity index (χ4n) is 4.72. The maximum absolute atomic E-state index is 9.93. The Bertz CT molecular complexity index is 1340. The van der Waals surface area contributed by atoms with Crippen LogP contribution in [0, 0.1) is 0 Å². The van der Waals surface area contributed by atoms with E-state index in [1.807, 2.05) is 48.5 Å². The number of aromatic nitrogens is 2. The Labute approximate surface area is 206 Å². The molecule has 3 aromatic carbocycles. The summed E-state index contributed by atoms with van der Waals surface area (Å²) in [6, 6.07) is 20.4. The standard InChI is InChI=1S/C26H24ClN3O5/c27-19-10-21-20(29-26(30-21)35-23-13-34-24-22(31)12-33-25(23)24)9-18(19)17-7-5-16(6-8-17)15-3-1-14(2-4-15)11-28-32/h1-10,22-25,28,31-32H,11-13H2,(H,29,30)/t22-,23-,24-,25-/m1/s1. The van der Waals surface area contributed by atoms with E-state index in [4.69, 9.17) is 31.0 Å². The summed E-state index contributed by atoms with van der Waals surface area (Å²) in [7, 11) is 0. The van der Waals surface area contributed by atoms with Gasteiger partial charge in [-0.2, -0.15) is 4.98 Å². The predicted octanol–water partition coefficient (Wildman–Crippen LogP) is 3.94. The number of benzene rings is 3. The average molecular weight is 494 g/mol. The Morgan fingerprint density at radius 2 is 1.66 bits per heavy atom. The van der Waals surface area contributed by atoms with Gasteiger partial charge in [0.05, 0.1) is 29.3 Å². The minimum absolute atomic E-state index is 0.250. The zero-order chi connectivity index (χ0) is 23.9. The van der Waals surface area contributed by atoms with Crippen LogP contribution in [0.3, 0.4) is 0 Å². The van der Waals surface area contributed by atoms with Gasteiger partial charge in [0.2, 0.25) is 0 Å². The first-order valence-corrected chi connectivity index (χ1v) is 11.8. The maximum atomic E-state index is 9.93. The van der Waals surface area contributed by atoms with Gasteiger partial charge < -0.3 is 29.5 Å². The number of fused-ring (bicyclic) bond motifs is 2.